The number of carbonyl (C=O) groups excluding carboxylic acids is 3. The molecule has 10 nitrogen and oxygen atoms in total. The van der Waals surface area contributed by atoms with Gasteiger partial charge in [0.1, 0.15) is 30.6 Å². The summed E-state index contributed by atoms with van der Waals surface area (Å²) in [6.45, 7) is 3.38. The van der Waals surface area contributed by atoms with Crippen molar-refractivity contribution in [2.75, 3.05) is 7.11 Å². The number of cyclic esters (lactones) is 2. The van der Waals surface area contributed by atoms with E-state index in [0.717, 1.165) is 0 Å². The van der Waals surface area contributed by atoms with E-state index in [9.17, 15) is 24.6 Å². The van der Waals surface area contributed by atoms with Gasteiger partial charge < -0.3 is 29.8 Å². The summed E-state index contributed by atoms with van der Waals surface area (Å²) in [6.07, 6.45) is 9.26. The lowest BCUT2D eigenvalue weighted by molar-refractivity contribution is -0.148. The van der Waals surface area contributed by atoms with Gasteiger partial charge in [0.2, 0.25) is 5.91 Å². The van der Waals surface area contributed by atoms with Gasteiger partial charge in [-0.3, -0.25) is 9.59 Å². The van der Waals surface area contributed by atoms with E-state index < -0.39 is 36.2 Å². The van der Waals surface area contributed by atoms with Crippen LogP contribution in [-0.2, 0) is 30.3 Å². The highest BCUT2D eigenvalue weighted by atomic mass is 16.6. The number of nitrogens with one attached hydrogen (secondary N) is 1. The number of esters is 2. The van der Waals surface area contributed by atoms with Crippen LogP contribution in [0.4, 0.5) is 0 Å². The van der Waals surface area contributed by atoms with Crippen LogP contribution in [-0.4, -0.2) is 59.7 Å². The molecule has 0 aromatic heterocycles. The molecule has 198 valence electrons. The van der Waals surface area contributed by atoms with Crippen LogP contribution < -0.4 is 5.32 Å². The van der Waals surface area contributed by atoms with E-state index in [1.165, 1.54) is 49.9 Å². The van der Waals surface area contributed by atoms with Gasteiger partial charge in [-0.15, -0.1) is 0 Å². The Balaban J connectivity index is 2.25. The molecule has 3 atom stereocenters. The van der Waals surface area contributed by atoms with Gasteiger partial charge in [-0.2, -0.15) is 0 Å². The zero-order valence-electron chi connectivity index (χ0n) is 21.0. The topological polar surface area (TPSA) is 144 Å². The SMILES string of the molecule is CO/N=C/C=C\C(=O)N/C=C/CC1CC(=O)OC(C)/C=C/C(O)C(C)=CCc2cccc(O)c2C(=O)O1. The number of carbonyl (C=O) groups is 3. The molecule has 1 aromatic rings. The van der Waals surface area contributed by atoms with Gasteiger partial charge in [-0.1, -0.05) is 35.5 Å². The lowest BCUT2D eigenvalue weighted by Crippen LogP contribution is -2.25. The summed E-state index contributed by atoms with van der Waals surface area (Å²) in [7, 11) is 1.38. The van der Waals surface area contributed by atoms with Crippen molar-refractivity contribution in [2.24, 2.45) is 5.16 Å². The molecule has 1 amide bonds. The van der Waals surface area contributed by atoms with E-state index in [1.54, 1.807) is 38.1 Å². The number of hydrogen-bond acceptors (Lipinski definition) is 9. The van der Waals surface area contributed by atoms with E-state index in [2.05, 4.69) is 15.3 Å². The summed E-state index contributed by atoms with van der Waals surface area (Å²) in [5.41, 5.74) is 1.09. The maximum Gasteiger partial charge on any atom is 0.342 e. The molecule has 0 spiro atoms. The Kier molecular flexibility index (Phi) is 11.8. The second kappa shape index (κ2) is 15.0. The van der Waals surface area contributed by atoms with Crippen molar-refractivity contribution >= 4 is 24.1 Å². The first kappa shape index (κ1) is 29.1. The van der Waals surface area contributed by atoms with E-state index in [-0.39, 0.29) is 30.6 Å². The van der Waals surface area contributed by atoms with Gasteiger partial charge in [-0.25, -0.2) is 4.79 Å². The number of aliphatic hydroxyl groups is 1. The van der Waals surface area contributed by atoms with E-state index in [4.69, 9.17) is 9.47 Å². The van der Waals surface area contributed by atoms with Crippen molar-refractivity contribution in [2.45, 2.75) is 51.4 Å². The highest BCUT2D eigenvalue weighted by Crippen LogP contribution is 2.25. The molecule has 1 aliphatic rings. The summed E-state index contributed by atoms with van der Waals surface area (Å²) in [6, 6.07) is 4.65. The van der Waals surface area contributed by atoms with Crippen LogP contribution in [0, 0.1) is 0 Å². The van der Waals surface area contributed by atoms with E-state index >= 15 is 0 Å². The zero-order valence-corrected chi connectivity index (χ0v) is 21.0. The molecular formula is C27H32N2O8. The first-order valence-corrected chi connectivity index (χ1v) is 11.6. The highest BCUT2D eigenvalue weighted by molar-refractivity contribution is 5.94. The number of aromatic hydroxyl groups is 1. The van der Waals surface area contributed by atoms with Crippen molar-refractivity contribution in [3.05, 3.63) is 77.6 Å². The fraction of sp³-hybridized carbons (Fsp3) is 0.333. The third kappa shape index (κ3) is 10.1. The number of benzene rings is 1. The van der Waals surface area contributed by atoms with Gasteiger partial charge in [0, 0.05) is 18.7 Å². The lowest BCUT2D eigenvalue weighted by atomic mass is 10.0. The average Bonchev–Trinajstić information content (AvgIpc) is 2.85. The minimum atomic E-state index is -0.936. The molecule has 2 rings (SSSR count). The molecule has 0 aliphatic carbocycles. The summed E-state index contributed by atoms with van der Waals surface area (Å²) in [5.74, 6) is -2.12. The molecule has 0 saturated carbocycles. The maximum absolute atomic E-state index is 13.1. The average molecular weight is 513 g/mol. The van der Waals surface area contributed by atoms with Gasteiger partial charge in [0.05, 0.1) is 18.7 Å². The zero-order chi connectivity index (χ0) is 27.2. The third-order valence-electron chi connectivity index (χ3n) is 5.24. The van der Waals surface area contributed by atoms with Crippen molar-refractivity contribution in [3.8, 4) is 5.75 Å². The van der Waals surface area contributed by atoms with Crippen molar-refractivity contribution in [1.82, 2.24) is 5.32 Å². The molecule has 1 heterocycles. The maximum atomic E-state index is 13.1. The molecule has 1 aliphatic heterocycles. The number of fused-ring (bicyclic) bond motifs is 1. The first-order valence-electron chi connectivity index (χ1n) is 11.6. The number of phenolic OH excluding ortho intramolecular Hbond substituents is 1. The molecule has 3 N–H and O–H groups in total. The highest BCUT2D eigenvalue weighted by Gasteiger charge is 2.24. The number of amides is 1. The van der Waals surface area contributed by atoms with Crippen LogP contribution in [0.2, 0.25) is 0 Å². The van der Waals surface area contributed by atoms with Gasteiger partial charge in [0.15, 0.2) is 0 Å². The van der Waals surface area contributed by atoms with Crippen LogP contribution in [0.5, 0.6) is 5.75 Å². The molecule has 1 aromatic carbocycles. The Labute approximate surface area is 215 Å². The molecule has 0 radical (unpaired) electrons. The van der Waals surface area contributed by atoms with Crippen LogP contribution in [0.15, 0.2) is 71.6 Å². The number of hydrogen-bond donors (Lipinski definition) is 3. The minimum Gasteiger partial charge on any atom is -0.507 e. The third-order valence-corrected chi connectivity index (χ3v) is 5.24. The van der Waals surface area contributed by atoms with Gasteiger partial charge in [0.25, 0.3) is 0 Å². The fourth-order valence-electron chi connectivity index (χ4n) is 3.30. The Morgan fingerprint density at radius 3 is 2.81 bits per heavy atom. The Morgan fingerprint density at radius 1 is 1.27 bits per heavy atom. The summed E-state index contributed by atoms with van der Waals surface area (Å²) in [5, 5.41) is 26.7. The number of phenols is 1. The quantitative estimate of drug-likeness (QED) is 0.174. The largest absolute Gasteiger partial charge is 0.507 e. The number of ether oxygens (including phenoxy) is 2. The number of nitrogens with zero attached hydrogens (tertiary/aromatic N) is 1. The number of aliphatic hydroxyl groups excluding tert-OH is 1. The Morgan fingerprint density at radius 2 is 2.05 bits per heavy atom. The predicted molar refractivity (Wildman–Crippen MR) is 137 cm³/mol. The molecule has 0 bridgehead atoms. The van der Waals surface area contributed by atoms with Gasteiger partial charge in [-0.05, 0) is 49.6 Å². The molecule has 3 unspecified atom stereocenters. The van der Waals surface area contributed by atoms with Gasteiger partial charge >= 0.3 is 11.9 Å². The normalized spacial score (nSPS) is 22.5. The van der Waals surface area contributed by atoms with Crippen LogP contribution in [0.1, 0.15) is 42.6 Å². The minimum absolute atomic E-state index is 0.0293. The molecular weight excluding hydrogens is 480 g/mol. The standard InChI is InChI=1S/C27H32N2O8/c1-18-11-13-20-7-4-9-23(31)26(20)27(34)37-21(17-25(33)36-19(2)12-14-22(18)30)8-5-15-28-24(32)10-6-16-29-35-3/h4-7,9-12,14-16,19,21-22,30-31H,8,13,17H2,1-3H3,(H,28,32)/b10-6-,14-12+,15-5+,18-11?,29-16+. The molecule has 0 saturated heterocycles. The molecule has 0 fully saturated rings. The number of allylic oxidation sites excluding steroid dienone is 2. The summed E-state index contributed by atoms with van der Waals surface area (Å²) >= 11 is 0. The summed E-state index contributed by atoms with van der Waals surface area (Å²) < 4.78 is 10.9. The second-order valence-electron chi connectivity index (χ2n) is 8.16. The Bertz CT molecular complexity index is 1100. The monoisotopic (exact) mass is 512 g/mol. The number of rotatable bonds is 6. The van der Waals surface area contributed by atoms with Crippen LogP contribution in [0.25, 0.3) is 0 Å². The lowest BCUT2D eigenvalue weighted by Gasteiger charge is -2.18. The van der Waals surface area contributed by atoms with Crippen LogP contribution >= 0.6 is 0 Å². The second-order valence-corrected chi connectivity index (χ2v) is 8.16. The van der Waals surface area contributed by atoms with E-state index in [0.29, 0.717) is 11.1 Å². The summed E-state index contributed by atoms with van der Waals surface area (Å²) in [4.78, 5) is 41.9. The number of oxime groups is 1. The molecule has 10 heteroatoms. The fourth-order valence-corrected chi connectivity index (χ4v) is 3.30. The van der Waals surface area contributed by atoms with Crippen molar-refractivity contribution < 1.29 is 38.9 Å². The van der Waals surface area contributed by atoms with E-state index in [1.807, 2.05) is 0 Å². The smallest absolute Gasteiger partial charge is 0.342 e. The Hall–Kier alpha value is -4.18. The van der Waals surface area contributed by atoms with Crippen LogP contribution in [0.3, 0.4) is 0 Å². The molecule has 37 heavy (non-hydrogen) atoms. The first-order chi connectivity index (χ1) is 17.7. The van der Waals surface area contributed by atoms with Crippen molar-refractivity contribution in [3.63, 3.8) is 0 Å². The van der Waals surface area contributed by atoms with Crippen molar-refractivity contribution in [1.29, 1.82) is 0 Å². The predicted octanol–water partition coefficient (Wildman–Crippen LogP) is 2.87.